The van der Waals surface area contributed by atoms with Crippen LogP contribution in [0.3, 0.4) is 0 Å². The van der Waals surface area contributed by atoms with Gasteiger partial charge in [0.2, 0.25) is 11.8 Å². The van der Waals surface area contributed by atoms with Gasteiger partial charge in [-0.3, -0.25) is 14.4 Å². The smallest absolute Gasteiger partial charge is 0.325 e. The van der Waals surface area contributed by atoms with Gasteiger partial charge >= 0.3 is 5.97 Å². The SMILES string of the molecule is CC(=O)NC(Cc1ccc(F)cc1)C(=O)NC(C)C(=O)O. The van der Waals surface area contributed by atoms with Gasteiger partial charge in [0, 0.05) is 13.3 Å². The first-order valence-corrected chi connectivity index (χ1v) is 6.34. The molecule has 1 aromatic rings. The number of carboxylic acids is 1. The summed E-state index contributed by atoms with van der Waals surface area (Å²) in [6.07, 6.45) is 0.137. The van der Waals surface area contributed by atoms with Crippen molar-refractivity contribution in [3.63, 3.8) is 0 Å². The van der Waals surface area contributed by atoms with Crippen LogP contribution in [0, 0.1) is 5.82 Å². The normalized spacial score (nSPS) is 13.1. The second-order valence-corrected chi connectivity index (χ2v) is 4.65. The van der Waals surface area contributed by atoms with Gasteiger partial charge in [-0.1, -0.05) is 12.1 Å². The van der Waals surface area contributed by atoms with Crippen LogP contribution in [0.15, 0.2) is 24.3 Å². The molecule has 2 unspecified atom stereocenters. The minimum Gasteiger partial charge on any atom is -0.480 e. The number of hydrogen-bond acceptors (Lipinski definition) is 3. The van der Waals surface area contributed by atoms with Gasteiger partial charge in [-0.05, 0) is 24.6 Å². The Kier molecular flexibility index (Phi) is 5.83. The fourth-order valence-corrected chi connectivity index (χ4v) is 1.69. The quantitative estimate of drug-likeness (QED) is 0.711. The minimum atomic E-state index is -1.17. The largest absolute Gasteiger partial charge is 0.480 e. The Bertz CT molecular complexity index is 530. The molecule has 1 rings (SSSR count). The van der Waals surface area contributed by atoms with Crippen molar-refractivity contribution < 1.29 is 23.9 Å². The van der Waals surface area contributed by atoms with Crippen molar-refractivity contribution in [1.82, 2.24) is 10.6 Å². The maximum absolute atomic E-state index is 12.8. The van der Waals surface area contributed by atoms with E-state index in [4.69, 9.17) is 5.11 Å². The Morgan fingerprint density at radius 3 is 2.24 bits per heavy atom. The fourth-order valence-electron chi connectivity index (χ4n) is 1.69. The van der Waals surface area contributed by atoms with Gasteiger partial charge in [-0.15, -0.1) is 0 Å². The lowest BCUT2D eigenvalue weighted by Gasteiger charge is -2.19. The number of nitrogens with one attached hydrogen (secondary N) is 2. The molecule has 7 heteroatoms. The summed E-state index contributed by atoms with van der Waals surface area (Å²) in [7, 11) is 0. The maximum atomic E-state index is 12.8. The van der Waals surface area contributed by atoms with Crippen molar-refractivity contribution in [1.29, 1.82) is 0 Å². The van der Waals surface area contributed by atoms with Crippen molar-refractivity contribution in [3.8, 4) is 0 Å². The monoisotopic (exact) mass is 296 g/mol. The van der Waals surface area contributed by atoms with Gasteiger partial charge in [-0.25, -0.2) is 4.39 Å². The van der Waals surface area contributed by atoms with E-state index in [2.05, 4.69) is 10.6 Å². The molecule has 0 saturated heterocycles. The van der Waals surface area contributed by atoms with E-state index < -0.39 is 35.7 Å². The molecule has 0 fully saturated rings. The topological polar surface area (TPSA) is 95.5 Å². The average Bonchev–Trinajstić information content (AvgIpc) is 2.39. The van der Waals surface area contributed by atoms with Crippen LogP contribution in [0.25, 0.3) is 0 Å². The van der Waals surface area contributed by atoms with Gasteiger partial charge in [0.05, 0.1) is 0 Å². The zero-order valence-corrected chi connectivity index (χ0v) is 11.7. The summed E-state index contributed by atoms with van der Waals surface area (Å²) in [5, 5.41) is 13.5. The fraction of sp³-hybridized carbons (Fsp3) is 0.357. The number of aliphatic carboxylic acids is 1. The standard InChI is InChI=1S/C14H17FN2O4/c1-8(14(20)21)16-13(19)12(17-9(2)18)7-10-3-5-11(15)6-4-10/h3-6,8,12H,7H2,1-2H3,(H,16,19)(H,17,18)(H,20,21). The van der Waals surface area contributed by atoms with Crippen LogP contribution < -0.4 is 10.6 Å². The summed E-state index contributed by atoms with van der Waals surface area (Å²) in [5.41, 5.74) is 0.647. The molecule has 0 spiro atoms. The lowest BCUT2D eigenvalue weighted by atomic mass is 10.0. The summed E-state index contributed by atoms with van der Waals surface area (Å²) >= 11 is 0. The highest BCUT2D eigenvalue weighted by molar-refractivity contribution is 5.90. The third kappa shape index (κ3) is 5.60. The Balaban J connectivity index is 2.79. The predicted octanol–water partition coefficient (Wildman–Crippen LogP) is 0.462. The molecular weight excluding hydrogens is 279 g/mol. The third-order valence-electron chi connectivity index (χ3n) is 2.78. The number of carbonyl (C=O) groups excluding carboxylic acids is 2. The van der Waals surface area contributed by atoms with E-state index in [-0.39, 0.29) is 6.42 Å². The molecule has 114 valence electrons. The first-order valence-electron chi connectivity index (χ1n) is 6.34. The summed E-state index contributed by atoms with van der Waals surface area (Å²) in [6.45, 7) is 2.58. The third-order valence-corrected chi connectivity index (χ3v) is 2.78. The van der Waals surface area contributed by atoms with Crippen molar-refractivity contribution >= 4 is 17.8 Å². The first kappa shape index (κ1) is 16.6. The molecule has 6 nitrogen and oxygen atoms in total. The number of rotatable bonds is 6. The van der Waals surface area contributed by atoms with Gasteiger partial charge < -0.3 is 15.7 Å². The molecule has 2 amide bonds. The second-order valence-electron chi connectivity index (χ2n) is 4.65. The van der Waals surface area contributed by atoms with Crippen LogP contribution in [-0.4, -0.2) is 35.0 Å². The predicted molar refractivity (Wildman–Crippen MR) is 72.9 cm³/mol. The van der Waals surface area contributed by atoms with Gasteiger partial charge in [0.1, 0.15) is 17.9 Å². The van der Waals surface area contributed by atoms with Crippen LogP contribution in [0.5, 0.6) is 0 Å². The molecule has 0 heterocycles. The maximum Gasteiger partial charge on any atom is 0.325 e. The van der Waals surface area contributed by atoms with Crippen LogP contribution in [0.4, 0.5) is 4.39 Å². The number of amides is 2. The van der Waals surface area contributed by atoms with Crippen LogP contribution in [0.2, 0.25) is 0 Å². The Labute approximate surface area is 121 Å². The van der Waals surface area contributed by atoms with Crippen molar-refractivity contribution in [2.45, 2.75) is 32.4 Å². The van der Waals surface area contributed by atoms with E-state index in [1.807, 2.05) is 0 Å². The molecule has 21 heavy (non-hydrogen) atoms. The van der Waals surface area contributed by atoms with E-state index >= 15 is 0 Å². The highest BCUT2D eigenvalue weighted by Gasteiger charge is 2.23. The molecule has 0 aliphatic heterocycles. The number of carboxylic acid groups (broad SMARTS) is 1. The number of hydrogen-bond donors (Lipinski definition) is 3. The minimum absolute atomic E-state index is 0.137. The van der Waals surface area contributed by atoms with Crippen molar-refractivity contribution in [2.75, 3.05) is 0 Å². The Morgan fingerprint density at radius 1 is 1.19 bits per heavy atom. The highest BCUT2D eigenvalue weighted by Crippen LogP contribution is 2.06. The van der Waals surface area contributed by atoms with E-state index in [1.165, 1.54) is 38.1 Å². The molecule has 0 saturated carbocycles. The molecule has 0 radical (unpaired) electrons. The Hall–Kier alpha value is -2.44. The summed E-state index contributed by atoms with van der Waals surface area (Å²) in [5.74, 6) is -2.60. The zero-order valence-electron chi connectivity index (χ0n) is 11.7. The highest BCUT2D eigenvalue weighted by atomic mass is 19.1. The molecule has 0 aromatic heterocycles. The zero-order chi connectivity index (χ0) is 16.0. The van der Waals surface area contributed by atoms with Gasteiger partial charge in [0.15, 0.2) is 0 Å². The molecule has 0 aliphatic carbocycles. The average molecular weight is 296 g/mol. The first-order chi connectivity index (χ1) is 9.79. The van der Waals surface area contributed by atoms with Crippen LogP contribution >= 0.6 is 0 Å². The number of benzene rings is 1. The summed E-state index contributed by atoms with van der Waals surface area (Å²) < 4.78 is 12.8. The van der Waals surface area contributed by atoms with E-state index in [9.17, 15) is 18.8 Å². The van der Waals surface area contributed by atoms with Gasteiger partial charge in [-0.2, -0.15) is 0 Å². The van der Waals surface area contributed by atoms with Crippen LogP contribution in [0.1, 0.15) is 19.4 Å². The molecule has 1 aromatic carbocycles. The number of carbonyl (C=O) groups is 3. The number of halogens is 1. The van der Waals surface area contributed by atoms with Crippen molar-refractivity contribution in [2.24, 2.45) is 0 Å². The van der Waals surface area contributed by atoms with Crippen molar-refractivity contribution in [3.05, 3.63) is 35.6 Å². The summed E-state index contributed by atoms with van der Waals surface area (Å²) in [6, 6.07) is 3.50. The van der Waals surface area contributed by atoms with E-state index in [0.717, 1.165) is 0 Å². The molecule has 0 bridgehead atoms. The second kappa shape index (κ2) is 7.37. The Morgan fingerprint density at radius 2 is 1.76 bits per heavy atom. The van der Waals surface area contributed by atoms with E-state index in [1.54, 1.807) is 0 Å². The van der Waals surface area contributed by atoms with Crippen LogP contribution in [-0.2, 0) is 20.8 Å². The lowest BCUT2D eigenvalue weighted by molar-refractivity contribution is -0.141. The molecular formula is C14H17FN2O4. The molecule has 2 atom stereocenters. The van der Waals surface area contributed by atoms with E-state index in [0.29, 0.717) is 5.56 Å². The molecule has 0 aliphatic rings. The van der Waals surface area contributed by atoms with Gasteiger partial charge in [0.25, 0.3) is 0 Å². The lowest BCUT2D eigenvalue weighted by Crippen LogP contribution is -2.51. The summed E-state index contributed by atoms with van der Waals surface area (Å²) in [4.78, 5) is 33.9. The molecule has 3 N–H and O–H groups in total.